The second-order valence-electron chi connectivity index (χ2n) is 17.3. The molecule has 0 saturated carbocycles. The second-order valence-corrected chi connectivity index (χ2v) is 17.3. The highest BCUT2D eigenvalue weighted by Gasteiger charge is 2.36. The third kappa shape index (κ3) is 5.86. The molecule has 0 atom stereocenters. The zero-order valence-corrected chi connectivity index (χ0v) is 35.3. The van der Waals surface area contributed by atoms with E-state index >= 15 is 0 Å². The molecule has 0 unspecified atom stereocenters. The number of nitrogens with zero attached hydrogens (tertiary/aromatic N) is 2. The van der Waals surface area contributed by atoms with Crippen LogP contribution in [-0.2, 0) is 5.41 Å². The summed E-state index contributed by atoms with van der Waals surface area (Å²) in [6.45, 7) is 4.74. The molecule has 0 spiro atoms. The number of rotatable bonds is 7. The molecule has 298 valence electrons. The fraction of sp³-hybridized carbons (Fsp3) is 0.0492. The molecule has 1 aliphatic rings. The molecule has 2 nitrogen and oxygen atoms in total. The van der Waals surface area contributed by atoms with Crippen LogP contribution in [0.4, 0.5) is 17.1 Å². The van der Waals surface area contributed by atoms with Crippen molar-refractivity contribution in [3.63, 3.8) is 0 Å². The molecule has 10 aromatic carbocycles. The van der Waals surface area contributed by atoms with E-state index in [1.807, 2.05) is 0 Å². The SMILES string of the molecule is CC1(C)c2ccccc2-c2ccc(N(c3ccccc3-c3ccc(-n4c5ccccc5c5ccccc54)cc3)c3ccccc3-c3cccc4cccc(-c5ccccc5)c34)cc21. The lowest BCUT2D eigenvalue weighted by Gasteiger charge is -2.31. The van der Waals surface area contributed by atoms with Crippen molar-refractivity contribution in [3.05, 3.63) is 242 Å². The Kier molecular flexibility index (Phi) is 8.55. The van der Waals surface area contributed by atoms with Crippen LogP contribution in [0.3, 0.4) is 0 Å². The van der Waals surface area contributed by atoms with Gasteiger partial charge in [0.1, 0.15) is 0 Å². The quantitative estimate of drug-likeness (QED) is 0.156. The minimum absolute atomic E-state index is 0.157. The van der Waals surface area contributed by atoms with Gasteiger partial charge in [-0.1, -0.05) is 196 Å². The largest absolute Gasteiger partial charge is 0.309 e. The van der Waals surface area contributed by atoms with Gasteiger partial charge in [-0.05, 0) is 104 Å². The second kappa shape index (κ2) is 14.6. The Balaban J connectivity index is 1.07. The molecular weight excluding hydrogens is 761 g/mol. The Morgan fingerprint density at radius 1 is 0.365 bits per heavy atom. The van der Waals surface area contributed by atoms with Crippen molar-refractivity contribution in [2.45, 2.75) is 19.3 Å². The summed E-state index contributed by atoms with van der Waals surface area (Å²) in [5.74, 6) is 0. The molecule has 1 aliphatic carbocycles. The number of fused-ring (bicyclic) bond motifs is 7. The number of anilines is 3. The van der Waals surface area contributed by atoms with Crippen LogP contribution in [0.1, 0.15) is 25.0 Å². The van der Waals surface area contributed by atoms with E-state index in [4.69, 9.17) is 0 Å². The van der Waals surface area contributed by atoms with Crippen molar-refractivity contribution in [1.82, 2.24) is 4.57 Å². The van der Waals surface area contributed by atoms with Gasteiger partial charge in [-0.25, -0.2) is 0 Å². The predicted octanol–water partition coefficient (Wildman–Crippen LogP) is 16.7. The lowest BCUT2D eigenvalue weighted by atomic mass is 9.82. The third-order valence-corrected chi connectivity index (χ3v) is 13.4. The van der Waals surface area contributed by atoms with E-state index in [9.17, 15) is 0 Å². The summed E-state index contributed by atoms with van der Waals surface area (Å²) in [5, 5.41) is 4.99. The lowest BCUT2D eigenvalue weighted by molar-refractivity contribution is 0.660. The van der Waals surface area contributed by atoms with E-state index in [0.717, 1.165) is 33.9 Å². The van der Waals surface area contributed by atoms with Crippen LogP contribution < -0.4 is 4.90 Å². The van der Waals surface area contributed by atoms with Crippen LogP contribution >= 0.6 is 0 Å². The highest BCUT2D eigenvalue weighted by atomic mass is 15.1. The summed E-state index contributed by atoms with van der Waals surface area (Å²) in [6.07, 6.45) is 0. The maximum Gasteiger partial charge on any atom is 0.0541 e. The van der Waals surface area contributed by atoms with Crippen LogP contribution in [0.25, 0.3) is 82.8 Å². The maximum atomic E-state index is 2.51. The number of hydrogen-bond donors (Lipinski definition) is 0. The van der Waals surface area contributed by atoms with Gasteiger partial charge >= 0.3 is 0 Å². The molecule has 0 N–H and O–H groups in total. The van der Waals surface area contributed by atoms with E-state index in [-0.39, 0.29) is 5.41 Å². The Labute approximate surface area is 368 Å². The van der Waals surface area contributed by atoms with Gasteiger partial charge in [0.05, 0.1) is 22.4 Å². The van der Waals surface area contributed by atoms with Gasteiger partial charge in [-0.2, -0.15) is 0 Å². The fourth-order valence-corrected chi connectivity index (χ4v) is 10.5. The molecule has 0 amide bonds. The summed E-state index contributed by atoms with van der Waals surface area (Å²) < 4.78 is 2.39. The standard InChI is InChI=1S/C61H44N2/c1-61(2)54-29-11-6-23-48(54)49-39-38-45(40-55(49)61)63(59-33-15-10-26-52(59)53-28-17-21-43-20-16-27-47(60(43)53)41-18-4-3-5-19-41)56-30-12-7-22-46(56)42-34-36-44(37-35-42)62-57-31-13-8-24-50(57)51-25-9-14-32-58(51)62/h3-40H,1-2H3. The fourth-order valence-electron chi connectivity index (χ4n) is 10.5. The first-order valence-electron chi connectivity index (χ1n) is 21.9. The predicted molar refractivity (Wildman–Crippen MR) is 267 cm³/mol. The normalized spacial score (nSPS) is 12.7. The minimum atomic E-state index is -0.157. The van der Waals surface area contributed by atoms with E-state index in [1.165, 1.54) is 77.1 Å². The van der Waals surface area contributed by atoms with Gasteiger partial charge in [0.25, 0.3) is 0 Å². The zero-order chi connectivity index (χ0) is 42.1. The molecule has 0 radical (unpaired) electrons. The van der Waals surface area contributed by atoms with Crippen molar-refractivity contribution in [2.24, 2.45) is 0 Å². The summed E-state index contributed by atoms with van der Waals surface area (Å²) in [4.78, 5) is 2.51. The molecular formula is C61H44N2. The average molecular weight is 805 g/mol. The Morgan fingerprint density at radius 2 is 0.889 bits per heavy atom. The summed E-state index contributed by atoms with van der Waals surface area (Å²) in [7, 11) is 0. The zero-order valence-electron chi connectivity index (χ0n) is 35.3. The van der Waals surface area contributed by atoms with Gasteiger partial charge in [0.2, 0.25) is 0 Å². The molecule has 0 fully saturated rings. The molecule has 0 aliphatic heterocycles. The van der Waals surface area contributed by atoms with Crippen LogP contribution in [0.15, 0.2) is 231 Å². The van der Waals surface area contributed by atoms with Gasteiger partial charge in [0.15, 0.2) is 0 Å². The summed E-state index contributed by atoms with van der Waals surface area (Å²) in [6, 6.07) is 84.7. The first-order valence-corrected chi connectivity index (χ1v) is 21.9. The molecule has 2 heteroatoms. The van der Waals surface area contributed by atoms with E-state index < -0.39 is 0 Å². The topological polar surface area (TPSA) is 8.17 Å². The monoisotopic (exact) mass is 804 g/mol. The van der Waals surface area contributed by atoms with Crippen molar-refractivity contribution >= 4 is 49.6 Å². The third-order valence-electron chi connectivity index (χ3n) is 13.4. The van der Waals surface area contributed by atoms with Gasteiger partial charge < -0.3 is 9.47 Å². The van der Waals surface area contributed by atoms with E-state index in [0.29, 0.717) is 0 Å². The van der Waals surface area contributed by atoms with Crippen molar-refractivity contribution in [2.75, 3.05) is 4.90 Å². The number of para-hydroxylation sites is 4. The van der Waals surface area contributed by atoms with Crippen LogP contribution in [0, 0.1) is 0 Å². The van der Waals surface area contributed by atoms with Gasteiger partial charge in [0, 0.05) is 38.7 Å². The van der Waals surface area contributed by atoms with Crippen LogP contribution in [-0.4, -0.2) is 4.57 Å². The van der Waals surface area contributed by atoms with E-state index in [2.05, 4.69) is 254 Å². The highest BCUT2D eigenvalue weighted by molar-refractivity contribution is 6.10. The molecule has 1 aromatic heterocycles. The number of hydrogen-bond acceptors (Lipinski definition) is 1. The molecule has 1 heterocycles. The number of benzene rings is 10. The van der Waals surface area contributed by atoms with Crippen LogP contribution in [0.5, 0.6) is 0 Å². The Hall–Kier alpha value is -7.94. The van der Waals surface area contributed by atoms with Gasteiger partial charge in [-0.3, -0.25) is 0 Å². The number of aromatic nitrogens is 1. The molecule has 0 saturated heterocycles. The van der Waals surface area contributed by atoms with Crippen molar-refractivity contribution in [1.29, 1.82) is 0 Å². The Morgan fingerprint density at radius 3 is 1.60 bits per heavy atom. The van der Waals surface area contributed by atoms with Gasteiger partial charge in [-0.15, -0.1) is 0 Å². The smallest absolute Gasteiger partial charge is 0.0541 e. The van der Waals surface area contributed by atoms with Crippen molar-refractivity contribution in [3.8, 4) is 50.2 Å². The first kappa shape index (κ1) is 36.9. The first-order chi connectivity index (χ1) is 31.0. The van der Waals surface area contributed by atoms with Crippen LogP contribution in [0.2, 0.25) is 0 Å². The molecule has 0 bridgehead atoms. The lowest BCUT2D eigenvalue weighted by Crippen LogP contribution is -2.17. The highest BCUT2D eigenvalue weighted by Crippen LogP contribution is 2.52. The van der Waals surface area contributed by atoms with Crippen molar-refractivity contribution < 1.29 is 0 Å². The molecule has 63 heavy (non-hydrogen) atoms. The Bertz CT molecular complexity index is 3480. The molecule has 12 rings (SSSR count). The summed E-state index contributed by atoms with van der Waals surface area (Å²) in [5.41, 5.74) is 19.2. The average Bonchev–Trinajstić information content (AvgIpc) is 3.80. The minimum Gasteiger partial charge on any atom is -0.309 e. The summed E-state index contributed by atoms with van der Waals surface area (Å²) >= 11 is 0. The maximum absolute atomic E-state index is 2.51. The van der Waals surface area contributed by atoms with E-state index in [1.54, 1.807) is 0 Å². The molecule has 11 aromatic rings.